The van der Waals surface area contributed by atoms with Gasteiger partial charge in [-0.15, -0.1) is 13.2 Å². The second-order valence-electron chi connectivity index (χ2n) is 12.9. The van der Waals surface area contributed by atoms with Gasteiger partial charge in [0.2, 0.25) is 0 Å². The standard InChI is InChI=1S/C44H26N2O.2C3H6/c1-2-14-28-27(13-1)25-38(44-41(28)37-23-11-12-24-40(37)47-44)33-19-4-3-15-29(33)30-16-5-8-20-34(30)39-26-45-42-35-21-9-6-17-31(35)32-18-7-10-22-36(32)43(42)46-39;2*1-3-2/h1-26H;2*3H,1H2,2H3. The molecule has 3 nitrogen and oxygen atoms in total. The van der Waals surface area contributed by atoms with E-state index in [0.717, 1.165) is 77.3 Å². The fourth-order valence-electron chi connectivity index (χ4n) is 7.42. The van der Waals surface area contributed by atoms with Gasteiger partial charge in [0.05, 0.1) is 22.9 Å². The van der Waals surface area contributed by atoms with Crippen molar-refractivity contribution < 1.29 is 4.42 Å². The third-order valence-electron chi connectivity index (χ3n) is 9.51. The van der Waals surface area contributed by atoms with Gasteiger partial charge in [0.25, 0.3) is 0 Å². The third-order valence-corrected chi connectivity index (χ3v) is 9.51. The molecule has 2 heterocycles. The summed E-state index contributed by atoms with van der Waals surface area (Å²) in [4.78, 5) is 10.4. The van der Waals surface area contributed by atoms with Gasteiger partial charge in [-0.3, -0.25) is 4.98 Å². The molecule has 53 heavy (non-hydrogen) atoms. The van der Waals surface area contributed by atoms with Gasteiger partial charge in [-0.2, -0.15) is 0 Å². The molecule has 0 spiro atoms. The molecular formula is C50H38N2O. The highest BCUT2D eigenvalue weighted by molar-refractivity contribution is 6.24. The molecule has 8 aromatic carbocycles. The number of nitrogens with zero attached hydrogens (tertiary/aromatic N) is 2. The second-order valence-corrected chi connectivity index (χ2v) is 12.9. The van der Waals surface area contributed by atoms with Crippen LogP contribution in [0.4, 0.5) is 0 Å². The van der Waals surface area contributed by atoms with Crippen molar-refractivity contribution in [3.8, 4) is 33.5 Å². The summed E-state index contributed by atoms with van der Waals surface area (Å²) in [6, 6.07) is 53.3. The summed E-state index contributed by atoms with van der Waals surface area (Å²) in [7, 11) is 0. The summed E-state index contributed by atoms with van der Waals surface area (Å²) in [5.41, 5.74) is 9.90. The van der Waals surface area contributed by atoms with Crippen LogP contribution in [0.15, 0.2) is 188 Å². The van der Waals surface area contributed by atoms with Gasteiger partial charge in [-0.1, -0.05) is 152 Å². The molecule has 0 atom stereocenters. The van der Waals surface area contributed by atoms with Crippen molar-refractivity contribution in [3.63, 3.8) is 0 Å². The zero-order chi connectivity index (χ0) is 36.3. The van der Waals surface area contributed by atoms with Crippen LogP contribution in [-0.4, -0.2) is 9.97 Å². The van der Waals surface area contributed by atoms with E-state index in [9.17, 15) is 0 Å². The number of furan rings is 1. The predicted molar refractivity (Wildman–Crippen MR) is 227 cm³/mol. The van der Waals surface area contributed by atoms with E-state index >= 15 is 0 Å². The molecule has 0 aliphatic heterocycles. The highest BCUT2D eigenvalue weighted by Crippen LogP contribution is 2.45. The Morgan fingerprint density at radius 3 is 1.57 bits per heavy atom. The molecule has 10 aromatic rings. The summed E-state index contributed by atoms with van der Waals surface area (Å²) in [6.45, 7) is 10.5. The minimum absolute atomic E-state index is 0.843. The zero-order valence-electron chi connectivity index (χ0n) is 29.9. The summed E-state index contributed by atoms with van der Waals surface area (Å²) >= 11 is 0. The van der Waals surface area contributed by atoms with Gasteiger partial charge in [0, 0.05) is 32.7 Å². The molecule has 0 unspecified atom stereocenters. The van der Waals surface area contributed by atoms with Crippen LogP contribution in [0, 0.1) is 0 Å². The number of para-hydroxylation sites is 1. The number of rotatable bonds is 3. The van der Waals surface area contributed by atoms with E-state index in [2.05, 4.69) is 159 Å². The molecule has 3 heteroatoms. The largest absolute Gasteiger partial charge is 0.455 e. The van der Waals surface area contributed by atoms with Gasteiger partial charge >= 0.3 is 0 Å². The average molecular weight is 683 g/mol. The van der Waals surface area contributed by atoms with Crippen molar-refractivity contribution in [2.45, 2.75) is 13.8 Å². The van der Waals surface area contributed by atoms with Crippen LogP contribution < -0.4 is 0 Å². The third kappa shape index (κ3) is 5.83. The maximum absolute atomic E-state index is 6.65. The maximum atomic E-state index is 6.65. The molecule has 0 bridgehead atoms. The molecular weight excluding hydrogens is 645 g/mol. The van der Waals surface area contributed by atoms with E-state index in [1.165, 1.54) is 21.5 Å². The minimum Gasteiger partial charge on any atom is -0.455 e. The van der Waals surface area contributed by atoms with E-state index in [1.54, 1.807) is 12.2 Å². The molecule has 0 aliphatic rings. The fraction of sp³-hybridized carbons (Fsp3) is 0.0400. The number of hydrogen-bond donors (Lipinski definition) is 0. The lowest BCUT2D eigenvalue weighted by Gasteiger charge is -2.16. The Labute approximate surface area is 309 Å². The monoisotopic (exact) mass is 682 g/mol. The van der Waals surface area contributed by atoms with Crippen LogP contribution >= 0.6 is 0 Å². The van der Waals surface area contributed by atoms with Gasteiger partial charge < -0.3 is 4.42 Å². The fourth-order valence-corrected chi connectivity index (χ4v) is 7.42. The summed E-state index contributed by atoms with van der Waals surface area (Å²) in [5.74, 6) is 0. The lowest BCUT2D eigenvalue weighted by atomic mass is 9.89. The molecule has 2 aromatic heterocycles. The highest BCUT2D eigenvalue weighted by atomic mass is 16.3. The average Bonchev–Trinajstić information content (AvgIpc) is 3.61. The Morgan fingerprint density at radius 1 is 0.472 bits per heavy atom. The van der Waals surface area contributed by atoms with Crippen LogP contribution in [0.1, 0.15) is 13.8 Å². The second kappa shape index (κ2) is 14.4. The first kappa shape index (κ1) is 33.3. The van der Waals surface area contributed by atoms with Gasteiger partial charge in [0.1, 0.15) is 11.2 Å². The van der Waals surface area contributed by atoms with Crippen LogP contribution in [0.25, 0.3) is 98.8 Å². The number of hydrogen-bond acceptors (Lipinski definition) is 3. The number of aromatic nitrogens is 2. The van der Waals surface area contributed by atoms with Crippen molar-refractivity contribution >= 4 is 65.3 Å². The number of allylic oxidation sites excluding steroid dienone is 2. The minimum atomic E-state index is 0.843. The molecule has 0 N–H and O–H groups in total. The van der Waals surface area contributed by atoms with E-state index in [-0.39, 0.29) is 0 Å². The van der Waals surface area contributed by atoms with Crippen molar-refractivity contribution in [1.82, 2.24) is 9.97 Å². The lowest BCUT2D eigenvalue weighted by Crippen LogP contribution is -1.94. The summed E-state index contributed by atoms with van der Waals surface area (Å²) in [5, 5.41) is 9.26. The van der Waals surface area contributed by atoms with E-state index in [4.69, 9.17) is 14.4 Å². The van der Waals surface area contributed by atoms with E-state index in [0.29, 0.717) is 0 Å². The first-order valence-electron chi connectivity index (χ1n) is 17.9. The maximum Gasteiger partial charge on any atom is 0.143 e. The normalized spacial score (nSPS) is 11.0. The summed E-state index contributed by atoms with van der Waals surface area (Å²) in [6.07, 6.45) is 5.43. The van der Waals surface area contributed by atoms with Gasteiger partial charge in [0.15, 0.2) is 0 Å². The first-order valence-corrected chi connectivity index (χ1v) is 17.9. The molecule has 0 aliphatic carbocycles. The first-order chi connectivity index (χ1) is 26.2. The van der Waals surface area contributed by atoms with Gasteiger partial charge in [-0.05, 0) is 64.2 Å². The Morgan fingerprint density at radius 2 is 0.925 bits per heavy atom. The number of benzene rings is 8. The van der Waals surface area contributed by atoms with E-state index in [1.807, 2.05) is 26.1 Å². The Bertz CT molecular complexity index is 2930. The van der Waals surface area contributed by atoms with Crippen molar-refractivity contribution in [3.05, 3.63) is 183 Å². The molecule has 10 rings (SSSR count). The predicted octanol–water partition coefficient (Wildman–Crippen LogP) is 14.4. The molecule has 0 saturated heterocycles. The topological polar surface area (TPSA) is 38.9 Å². The van der Waals surface area contributed by atoms with Crippen molar-refractivity contribution in [2.75, 3.05) is 0 Å². The van der Waals surface area contributed by atoms with Crippen LogP contribution in [0.3, 0.4) is 0 Å². The summed E-state index contributed by atoms with van der Waals surface area (Å²) < 4.78 is 6.65. The van der Waals surface area contributed by atoms with Crippen molar-refractivity contribution in [1.29, 1.82) is 0 Å². The van der Waals surface area contributed by atoms with Gasteiger partial charge in [-0.25, -0.2) is 4.98 Å². The molecule has 0 amide bonds. The SMILES string of the molecule is C=CC.C=CC.c1ccc(-c2ccccc2-c2cc3ccccc3c3c2oc2ccccc23)c(-c2cnc3c4ccccc4c4ccccc4c3n2)c1. The van der Waals surface area contributed by atoms with E-state index < -0.39 is 0 Å². The Kier molecular flexibility index (Phi) is 9.06. The zero-order valence-corrected chi connectivity index (χ0v) is 29.9. The lowest BCUT2D eigenvalue weighted by molar-refractivity contribution is 0.670. The van der Waals surface area contributed by atoms with Crippen LogP contribution in [0.5, 0.6) is 0 Å². The molecule has 254 valence electrons. The smallest absolute Gasteiger partial charge is 0.143 e. The highest BCUT2D eigenvalue weighted by Gasteiger charge is 2.20. The van der Waals surface area contributed by atoms with Crippen LogP contribution in [-0.2, 0) is 0 Å². The van der Waals surface area contributed by atoms with Crippen LogP contribution in [0.2, 0.25) is 0 Å². The molecule has 0 fully saturated rings. The number of fused-ring (bicyclic) bond motifs is 11. The molecule has 0 saturated carbocycles. The van der Waals surface area contributed by atoms with Crippen molar-refractivity contribution in [2.24, 2.45) is 0 Å². The Hall–Kier alpha value is -6.84. The Balaban J connectivity index is 0.000000628. The quantitative estimate of drug-likeness (QED) is 0.138. The molecule has 0 radical (unpaired) electrons.